The molecular formula is C14H26N2O2. The lowest BCUT2D eigenvalue weighted by Crippen LogP contribution is -2.34. The first-order valence-corrected chi connectivity index (χ1v) is 7.10. The second kappa shape index (κ2) is 7.39. The molecule has 2 amide bonds. The molecule has 1 rings (SSSR count). The van der Waals surface area contributed by atoms with E-state index in [2.05, 4.69) is 26.1 Å². The number of carbonyl (C=O) groups excluding carboxylic acids is 2. The van der Waals surface area contributed by atoms with E-state index in [9.17, 15) is 9.59 Å². The SMILES string of the molecule is CCCCN1C[C@H](C(=O)NCCC(C)C)CC1=O. The third kappa shape index (κ3) is 4.67. The highest BCUT2D eigenvalue weighted by Gasteiger charge is 2.33. The van der Waals surface area contributed by atoms with Crippen molar-refractivity contribution in [3.05, 3.63) is 0 Å². The van der Waals surface area contributed by atoms with Gasteiger partial charge in [0, 0.05) is 26.1 Å². The van der Waals surface area contributed by atoms with Crippen molar-refractivity contribution in [2.24, 2.45) is 11.8 Å². The zero-order valence-electron chi connectivity index (χ0n) is 11.9. The van der Waals surface area contributed by atoms with Gasteiger partial charge in [-0.15, -0.1) is 0 Å². The number of hydrogen-bond acceptors (Lipinski definition) is 2. The Balaban J connectivity index is 2.30. The molecule has 1 saturated heterocycles. The molecule has 1 N–H and O–H groups in total. The summed E-state index contributed by atoms with van der Waals surface area (Å²) in [5, 5.41) is 2.94. The summed E-state index contributed by atoms with van der Waals surface area (Å²) in [5.74, 6) is 0.633. The molecule has 0 saturated carbocycles. The van der Waals surface area contributed by atoms with E-state index in [4.69, 9.17) is 0 Å². The largest absolute Gasteiger partial charge is 0.356 e. The van der Waals surface area contributed by atoms with E-state index in [1.54, 1.807) is 0 Å². The van der Waals surface area contributed by atoms with E-state index in [0.717, 1.165) is 32.4 Å². The van der Waals surface area contributed by atoms with Crippen LogP contribution in [-0.2, 0) is 9.59 Å². The number of likely N-dealkylation sites (tertiary alicyclic amines) is 1. The van der Waals surface area contributed by atoms with Gasteiger partial charge in [0.25, 0.3) is 0 Å². The first kappa shape index (κ1) is 15.0. The average Bonchev–Trinajstić information content (AvgIpc) is 2.67. The molecule has 1 fully saturated rings. The number of nitrogens with zero attached hydrogens (tertiary/aromatic N) is 1. The van der Waals surface area contributed by atoms with E-state index < -0.39 is 0 Å². The van der Waals surface area contributed by atoms with Gasteiger partial charge >= 0.3 is 0 Å². The molecular weight excluding hydrogens is 228 g/mol. The molecule has 0 aromatic carbocycles. The van der Waals surface area contributed by atoms with E-state index in [0.29, 0.717) is 18.9 Å². The van der Waals surface area contributed by atoms with Gasteiger partial charge in [-0.2, -0.15) is 0 Å². The molecule has 4 nitrogen and oxygen atoms in total. The van der Waals surface area contributed by atoms with E-state index in [1.807, 2.05) is 4.90 Å². The normalized spacial score (nSPS) is 19.7. The van der Waals surface area contributed by atoms with Gasteiger partial charge in [-0.3, -0.25) is 9.59 Å². The van der Waals surface area contributed by atoms with Gasteiger partial charge in [0.05, 0.1) is 5.92 Å². The Morgan fingerprint density at radius 1 is 1.50 bits per heavy atom. The number of hydrogen-bond donors (Lipinski definition) is 1. The second-order valence-corrected chi connectivity index (χ2v) is 5.57. The van der Waals surface area contributed by atoms with Gasteiger partial charge in [-0.05, 0) is 18.8 Å². The molecule has 1 aliphatic heterocycles. The van der Waals surface area contributed by atoms with E-state index in [1.165, 1.54) is 0 Å². The summed E-state index contributed by atoms with van der Waals surface area (Å²) in [7, 11) is 0. The smallest absolute Gasteiger partial charge is 0.225 e. The van der Waals surface area contributed by atoms with Crippen LogP contribution in [0.4, 0.5) is 0 Å². The molecule has 18 heavy (non-hydrogen) atoms. The van der Waals surface area contributed by atoms with Crippen molar-refractivity contribution in [2.45, 2.75) is 46.5 Å². The predicted octanol–water partition coefficient (Wildman–Crippen LogP) is 1.80. The van der Waals surface area contributed by atoms with Crippen LogP contribution in [0.15, 0.2) is 0 Å². The maximum atomic E-state index is 11.9. The third-order valence-corrected chi connectivity index (χ3v) is 3.39. The predicted molar refractivity (Wildman–Crippen MR) is 72.1 cm³/mol. The van der Waals surface area contributed by atoms with Gasteiger partial charge in [0.2, 0.25) is 11.8 Å². The fourth-order valence-corrected chi connectivity index (χ4v) is 2.14. The van der Waals surface area contributed by atoms with Crippen molar-refractivity contribution in [2.75, 3.05) is 19.6 Å². The van der Waals surface area contributed by atoms with Crippen LogP contribution in [0.2, 0.25) is 0 Å². The van der Waals surface area contributed by atoms with Gasteiger partial charge in [0.15, 0.2) is 0 Å². The molecule has 0 aliphatic carbocycles. The van der Waals surface area contributed by atoms with Gasteiger partial charge in [-0.1, -0.05) is 27.2 Å². The Bertz CT molecular complexity index is 290. The van der Waals surface area contributed by atoms with Crippen LogP contribution in [0.1, 0.15) is 46.5 Å². The summed E-state index contributed by atoms with van der Waals surface area (Å²) in [6.45, 7) is 8.50. The minimum Gasteiger partial charge on any atom is -0.356 e. The second-order valence-electron chi connectivity index (χ2n) is 5.57. The quantitative estimate of drug-likeness (QED) is 0.753. The van der Waals surface area contributed by atoms with Crippen LogP contribution in [0, 0.1) is 11.8 Å². The highest BCUT2D eigenvalue weighted by Crippen LogP contribution is 2.18. The highest BCUT2D eigenvalue weighted by molar-refractivity contribution is 5.89. The van der Waals surface area contributed by atoms with Gasteiger partial charge in [0.1, 0.15) is 0 Å². The van der Waals surface area contributed by atoms with E-state index in [-0.39, 0.29) is 17.7 Å². The maximum absolute atomic E-state index is 11.9. The Kier molecular flexibility index (Phi) is 6.16. The first-order valence-electron chi connectivity index (χ1n) is 7.10. The van der Waals surface area contributed by atoms with Crippen LogP contribution in [-0.4, -0.2) is 36.3 Å². The molecule has 4 heteroatoms. The van der Waals surface area contributed by atoms with Crippen molar-refractivity contribution < 1.29 is 9.59 Å². The third-order valence-electron chi connectivity index (χ3n) is 3.39. The van der Waals surface area contributed by atoms with Crippen molar-refractivity contribution in [3.63, 3.8) is 0 Å². The fourth-order valence-electron chi connectivity index (χ4n) is 2.14. The van der Waals surface area contributed by atoms with Gasteiger partial charge in [-0.25, -0.2) is 0 Å². The Hall–Kier alpha value is -1.06. The molecule has 1 aliphatic rings. The monoisotopic (exact) mass is 254 g/mol. The highest BCUT2D eigenvalue weighted by atomic mass is 16.2. The summed E-state index contributed by atoms with van der Waals surface area (Å²) in [4.78, 5) is 25.5. The lowest BCUT2D eigenvalue weighted by atomic mass is 10.1. The molecule has 0 spiro atoms. The van der Waals surface area contributed by atoms with Crippen LogP contribution >= 0.6 is 0 Å². The zero-order valence-corrected chi connectivity index (χ0v) is 11.9. The lowest BCUT2D eigenvalue weighted by molar-refractivity contribution is -0.129. The average molecular weight is 254 g/mol. The van der Waals surface area contributed by atoms with Crippen LogP contribution in [0.5, 0.6) is 0 Å². The molecule has 0 unspecified atom stereocenters. The number of carbonyl (C=O) groups is 2. The molecule has 104 valence electrons. The van der Waals surface area contributed by atoms with Crippen LogP contribution < -0.4 is 5.32 Å². The summed E-state index contributed by atoms with van der Waals surface area (Å²) >= 11 is 0. The first-order chi connectivity index (χ1) is 8.54. The number of nitrogens with one attached hydrogen (secondary N) is 1. The minimum absolute atomic E-state index is 0.0444. The number of amides is 2. The van der Waals surface area contributed by atoms with Crippen molar-refractivity contribution in [3.8, 4) is 0 Å². The summed E-state index contributed by atoms with van der Waals surface area (Å²) in [6.07, 6.45) is 3.48. The van der Waals surface area contributed by atoms with Crippen LogP contribution in [0.25, 0.3) is 0 Å². The van der Waals surface area contributed by atoms with Crippen molar-refractivity contribution >= 4 is 11.8 Å². The zero-order chi connectivity index (χ0) is 13.5. The van der Waals surface area contributed by atoms with E-state index >= 15 is 0 Å². The Morgan fingerprint density at radius 2 is 2.22 bits per heavy atom. The number of rotatable bonds is 7. The van der Waals surface area contributed by atoms with Gasteiger partial charge < -0.3 is 10.2 Å². The summed E-state index contributed by atoms with van der Waals surface area (Å²) < 4.78 is 0. The standard InChI is InChI=1S/C14H26N2O2/c1-4-5-8-16-10-12(9-13(16)17)14(18)15-7-6-11(2)3/h11-12H,4-10H2,1-3H3,(H,15,18)/t12-/m1/s1. The topological polar surface area (TPSA) is 49.4 Å². The van der Waals surface area contributed by atoms with Crippen molar-refractivity contribution in [1.29, 1.82) is 0 Å². The Labute approximate surface area is 110 Å². The summed E-state index contributed by atoms with van der Waals surface area (Å²) in [6, 6.07) is 0. The molecule has 0 bridgehead atoms. The van der Waals surface area contributed by atoms with Crippen LogP contribution in [0.3, 0.4) is 0 Å². The summed E-state index contributed by atoms with van der Waals surface area (Å²) in [5.41, 5.74) is 0. The molecule has 1 heterocycles. The molecule has 0 radical (unpaired) electrons. The molecule has 1 atom stereocenters. The fraction of sp³-hybridized carbons (Fsp3) is 0.857. The maximum Gasteiger partial charge on any atom is 0.225 e. The van der Waals surface area contributed by atoms with Crippen molar-refractivity contribution in [1.82, 2.24) is 10.2 Å². The molecule has 0 aromatic heterocycles. The Morgan fingerprint density at radius 3 is 2.83 bits per heavy atom. The minimum atomic E-state index is -0.137. The lowest BCUT2D eigenvalue weighted by Gasteiger charge is -2.16. The number of unbranched alkanes of at least 4 members (excludes halogenated alkanes) is 1. The molecule has 0 aromatic rings.